The van der Waals surface area contributed by atoms with Gasteiger partial charge in [0.15, 0.2) is 5.65 Å². The standard InChI is InChI=1S/C21H24N4O/c1-13(16-9-8-15-6-4-5-7-17(15)10-16)23-21(26)18-11-19-14(2)24-25(3)20(19)22-12-18/h8-13H,4-7H2,1-3H3,(H,23,26)/t13-/m0/s1. The molecule has 1 amide bonds. The molecule has 0 radical (unpaired) electrons. The summed E-state index contributed by atoms with van der Waals surface area (Å²) in [4.78, 5) is 17.1. The number of pyridine rings is 1. The Morgan fingerprint density at radius 2 is 1.96 bits per heavy atom. The molecule has 5 heteroatoms. The highest BCUT2D eigenvalue weighted by Gasteiger charge is 2.16. The van der Waals surface area contributed by atoms with Gasteiger partial charge in [0.1, 0.15) is 0 Å². The van der Waals surface area contributed by atoms with E-state index in [2.05, 4.69) is 33.6 Å². The molecular formula is C21H24N4O. The van der Waals surface area contributed by atoms with Gasteiger partial charge >= 0.3 is 0 Å². The lowest BCUT2D eigenvalue weighted by molar-refractivity contribution is 0.0939. The average Bonchev–Trinajstić information content (AvgIpc) is 2.94. The smallest absolute Gasteiger partial charge is 0.253 e. The fraction of sp³-hybridized carbons (Fsp3) is 0.381. The van der Waals surface area contributed by atoms with Crippen molar-refractivity contribution in [3.63, 3.8) is 0 Å². The first kappa shape index (κ1) is 16.8. The van der Waals surface area contributed by atoms with Crippen LogP contribution >= 0.6 is 0 Å². The zero-order chi connectivity index (χ0) is 18.3. The first-order valence-electron chi connectivity index (χ1n) is 9.25. The second-order valence-electron chi connectivity index (χ2n) is 7.23. The van der Waals surface area contributed by atoms with E-state index in [1.54, 1.807) is 10.9 Å². The summed E-state index contributed by atoms with van der Waals surface area (Å²) in [6.07, 6.45) is 6.48. The highest BCUT2D eigenvalue weighted by atomic mass is 16.1. The SMILES string of the molecule is Cc1nn(C)c2ncc(C(=O)N[C@@H](C)c3ccc4c(c3)CCCC4)cc12. The van der Waals surface area contributed by atoms with Gasteiger partial charge in [-0.05, 0) is 62.3 Å². The van der Waals surface area contributed by atoms with Crippen LogP contribution in [0.3, 0.4) is 0 Å². The van der Waals surface area contributed by atoms with Gasteiger partial charge in [-0.15, -0.1) is 0 Å². The van der Waals surface area contributed by atoms with Crippen molar-refractivity contribution in [3.05, 3.63) is 58.4 Å². The number of hydrogen-bond donors (Lipinski definition) is 1. The van der Waals surface area contributed by atoms with Crippen LogP contribution in [-0.4, -0.2) is 20.7 Å². The number of aryl methyl sites for hydroxylation is 4. The third-order valence-corrected chi connectivity index (χ3v) is 5.35. The molecule has 26 heavy (non-hydrogen) atoms. The first-order valence-corrected chi connectivity index (χ1v) is 9.25. The Kier molecular flexibility index (Phi) is 4.23. The summed E-state index contributed by atoms with van der Waals surface area (Å²) in [5, 5.41) is 8.38. The number of hydrogen-bond acceptors (Lipinski definition) is 3. The third-order valence-electron chi connectivity index (χ3n) is 5.35. The molecule has 0 spiro atoms. The minimum absolute atomic E-state index is 0.0413. The van der Waals surface area contributed by atoms with Gasteiger partial charge in [-0.1, -0.05) is 18.2 Å². The molecule has 1 atom stereocenters. The molecule has 134 valence electrons. The average molecular weight is 348 g/mol. The highest BCUT2D eigenvalue weighted by molar-refractivity contribution is 5.97. The number of carbonyl (C=O) groups is 1. The summed E-state index contributed by atoms with van der Waals surface area (Å²) in [5.74, 6) is -0.104. The Bertz CT molecular complexity index is 989. The second kappa shape index (κ2) is 6.56. The van der Waals surface area contributed by atoms with E-state index in [0.29, 0.717) is 5.56 Å². The van der Waals surface area contributed by atoms with Crippen LogP contribution in [0.4, 0.5) is 0 Å². The molecule has 2 heterocycles. The van der Waals surface area contributed by atoms with Crippen molar-refractivity contribution in [2.24, 2.45) is 7.05 Å². The van der Waals surface area contributed by atoms with E-state index in [4.69, 9.17) is 0 Å². The van der Waals surface area contributed by atoms with Crippen LogP contribution in [0.2, 0.25) is 0 Å². The fourth-order valence-corrected chi connectivity index (χ4v) is 3.82. The molecule has 1 aromatic carbocycles. The molecule has 1 N–H and O–H groups in total. The Labute approximate surface area is 153 Å². The maximum Gasteiger partial charge on any atom is 0.253 e. The molecule has 4 rings (SSSR count). The largest absolute Gasteiger partial charge is 0.345 e. The van der Waals surface area contributed by atoms with Crippen molar-refractivity contribution in [1.82, 2.24) is 20.1 Å². The molecule has 0 unspecified atom stereocenters. The molecule has 1 aliphatic rings. The van der Waals surface area contributed by atoms with E-state index in [-0.39, 0.29) is 11.9 Å². The lowest BCUT2D eigenvalue weighted by Crippen LogP contribution is -2.27. The molecule has 0 bridgehead atoms. The van der Waals surface area contributed by atoms with Crippen molar-refractivity contribution < 1.29 is 4.79 Å². The summed E-state index contributed by atoms with van der Waals surface area (Å²) in [6, 6.07) is 8.45. The lowest BCUT2D eigenvalue weighted by atomic mass is 9.89. The van der Waals surface area contributed by atoms with Crippen LogP contribution in [0.15, 0.2) is 30.5 Å². The molecule has 0 fully saturated rings. The van der Waals surface area contributed by atoms with Crippen LogP contribution in [-0.2, 0) is 19.9 Å². The lowest BCUT2D eigenvalue weighted by Gasteiger charge is -2.20. The Balaban J connectivity index is 1.55. The quantitative estimate of drug-likeness (QED) is 0.786. The number of fused-ring (bicyclic) bond motifs is 2. The predicted molar refractivity (Wildman–Crippen MR) is 102 cm³/mol. The van der Waals surface area contributed by atoms with Gasteiger partial charge in [-0.2, -0.15) is 5.10 Å². The van der Waals surface area contributed by atoms with Crippen LogP contribution < -0.4 is 5.32 Å². The first-order chi connectivity index (χ1) is 12.5. The summed E-state index contributed by atoms with van der Waals surface area (Å²) in [5.41, 5.74) is 6.29. The van der Waals surface area contributed by atoms with Crippen molar-refractivity contribution >= 4 is 16.9 Å². The zero-order valence-corrected chi connectivity index (χ0v) is 15.5. The van der Waals surface area contributed by atoms with E-state index in [1.165, 1.54) is 30.4 Å². The van der Waals surface area contributed by atoms with Crippen LogP contribution in [0.5, 0.6) is 0 Å². The summed E-state index contributed by atoms with van der Waals surface area (Å²) in [6.45, 7) is 3.96. The van der Waals surface area contributed by atoms with Crippen LogP contribution in [0.1, 0.15) is 58.5 Å². The maximum absolute atomic E-state index is 12.7. The molecule has 3 aromatic rings. The third kappa shape index (κ3) is 2.98. The van der Waals surface area contributed by atoms with Gasteiger partial charge in [0.05, 0.1) is 17.3 Å². The summed E-state index contributed by atoms with van der Waals surface area (Å²) >= 11 is 0. The monoisotopic (exact) mass is 348 g/mol. The molecule has 1 aliphatic carbocycles. The number of amides is 1. The number of aromatic nitrogens is 3. The number of rotatable bonds is 3. The highest BCUT2D eigenvalue weighted by Crippen LogP contribution is 2.25. The van der Waals surface area contributed by atoms with Crippen molar-refractivity contribution in [2.75, 3.05) is 0 Å². The molecule has 2 aromatic heterocycles. The number of nitrogens with zero attached hydrogens (tertiary/aromatic N) is 3. The Hall–Kier alpha value is -2.69. The van der Waals surface area contributed by atoms with Gasteiger partial charge in [-0.3, -0.25) is 9.48 Å². The maximum atomic E-state index is 12.7. The zero-order valence-electron chi connectivity index (χ0n) is 15.5. The van der Waals surface area contributed by atoms with E-state index in [0.717, 1.165) is 28.7 Å². The Morgan fingerprint density at radius 3 is 2.77 bits per heavy atom. The number of benzene rings is 1. The Morgan fingerprint density at radius 1 is 1.19 bits per heavy atom. The van der Waals surface area contributed by atoms with E-state index >= 15 is 0 Å². The summed E-state index contributed by atoms with van der Waals surface area (Å²) in [7, 11) is 1.86. The van der Waals surface area contributed by atoms with Crippen LogP contribution in [0, 0.1) is 6.92 Å². The molecular weight excluding hydrogens is 324 g/mol. The van der Waals surface area contributed by atoms with Crippen molar-refractivity contribution in [3.8, 4) is 0 Å². The molecule has 0 saturated carbocycles. The second-order valence-corrected chi connectivity index (χ2v) is 7.23. The minimum Gasteiger partial charge on any atom is -0.345 e. The number of carbonyl (C=O) groups excluding carboxylic acids is 1. The van der Waals surface area contributed by atoms with E-state index < -0.39 is 0 Å². The van der Waals surface area contributed by atoms with Gasteiger partial charge in [-0.25, -0.2) is 4.98 Å². The van der Waals surface area contributed by atoms with Crippen molar-refractivity contribution in [1.29, 1.82) is 0 Å². The van der Waals surface area contributed by atoms with Crippen molar-refractivity contribution in [2.45, 2.75) is 45.6 Å². The van der Waals surface area contributed by atoms with Gasteiger partial charge in [0.25, 0.3) is 5.91 Å². The molecule has 5 nitrogen and oxygen atoms in total. The number of nitrogens with one attached hydrogen (secondary N) is 1. The molecule has 0 saturated heterocycles. The van der Waals surface area contributed by atoms with E-state index in [1.807, 2.05) is 27.0 Å². The normalized spacial score (nSPS) is 14.9. The van der Waals surface area contributed by atoms with Gasteiger partial charge in [0.2, 0.25) is 0 Å². The summed E-state index contributed by atoms with van der Waals surface area (Å²) < 4.78 is 1.74. The van der Waals surface area contributed by atoms with E-state index in [9.17, 15) is 4.79 Å². The van der Waals surface area contributed by atoms with Crippen LogP contribution in [0.25, 0.3) is 11.0 Å². The van der Waals surface area contributed by atoms with Gasteiger partial charge in [0, 0.05) is 18.6 Å². The topological polar surface area (TPSA) is 59.8 Å². The minimum atomic E-state index is -0.104. The predicted octanol–water partition coefficient (Wildman–Crippen LogP) is 3.65. The molecule has 0 aliphatic heterocycles. The fourth-order valence-electron chi connectivity index (χ4n) is 3.82. The van der Waals surface area contributed by atoms with Gasteiger partial charge < -0.3 is 5.32 Å².